The molecule has 1 aliphatic carbocycles. The molecule has 2 heterocycles. The lowest BCUT2D eigenvalue weighted by Crippen LogP contribution is -2.12. The summed E-state index contributed by atoms with van der Waals surface area (Å²) >= 11 is 2.62. The third kappa shape index (κ3) is 2.73. The van der Waals surface area contributed by atoms with Crippen molar-refractivity contribution in [3.8, 4) is 10.6 Å². The number of Topliss-reactive ketones (excluding diaryl/α,β-unsaturated/α-hetero) is 1. The van der Waals surface area contributed by atoms with Crippen LogP contribution in [0, 0.1) is 5.82 Å². The molecule has 0 radical (unpaired) electrons. The van der Waals surface area contributed by atoms with Gasteiger partial charge in [0.2, 0.25) is 5.78 Å². The van der Waals surface area contributed by atoms with Gasteiger partial charge in [-0.05, 0) is 54.7 Å². The minimum atomic E-state index is -0.284. The van der Waals surface area contributed by atoms with E-state index >= 15 is 0 Å². The van der Waals surface area contributed by atoms with Crippen molar-refractivity contribution < 1.29 is 9.18 Å². The summed E-state index contributed by atoms with van der Waals surface area (Å²) in [7, 11) is 0. The quantitative estimate of drug-likeness (QED) is 0.660. The van der Waals surface area contributed by atoms with Gasteiger partial charge in [0.05, 0.1) is 16.3 Å². The van der Waals surface area contributed by atoms with Crippen molar-refractivity contribution in [2.24, 2.45) is 0 Å². The summed E-state index contributed by atoms with van der Waals surface area (Å²) < 4.78 is 16.8. The Labute approximate surface area is 139 Å². The summed E-state index contributed by atoms with van der Waals surface area (Å²) in [6.07, 6.45) is 3.17. The number of aromatic nitrogens is 3. The van der Waals surface area contributed by atoms with Gasteiger partial charge in [-0.3, -0.25) is 4.79 Å². The molecule has 1 aliphatic rings. The zero-order valence-corrected chi connectivity index (χ0v) is 13.5. The van der Waals surface area contributed by atoms with Crippen molar-refractivity contribution in [3.63, 3.8) is 0 Å². The fraction of sp³-hybridized carbons (Fsp3) is 0.125. The summed E-state index contributed by atoms with van der Waals surface area (Å²) in [5.74, 6) is -0.279. The molecule has 0 spiro atoms. The number of aryl methyl sites for hydroxylation is 1. The zero-order chi connectivity index (χ0) is 15.8. The van der Waals surface area contributed by atoms with E-state index in [0.29, 0.717) is 17.0 Å². The van der Waals surface area contributed by atoms with Crippen molar-refractivity contribution in [3.05, 3.63) is 57.3 Å². The van der Waals surface area contributed by atoms with E-state index in [-0.39, 0.29) is 11.6 Å². The highest BCUT2D eigenvalue weighted by Gasteiger charge is 2.26. The SMILES string of the molecule is O=C1/C(=C\c2csnn2)CCc2nc(-c3ccc(F)cc3)sc21. The maximum Gasteiger partial charge on any atom is 0.200 e. The molecule has 2 aromatic heterocycles. The molecule has 0 saturated carbocycles. The van der Waals surface area contributed by atoms with E-state index < -0.39 is 0 Å². The third-order valence-corrected chi connectivity index (χ3v) is 5.28. The first kappa shape index (κ1) is 14.3. The van der Waals surface area contributed by atoms with Crippen LogP contribution in [0.1, 0.15) is 27.5 Å². The molecule has 0 bridgehead atoms. The average molecular weight is 343 g/mol. The molecule has 1 aromatic carbocycles. The first-order valence-corrected chi connectivity index (χ1v) is 8.64. The number of fused-ring (bicyclic) bond motifs is 1. The zero-order valence-electron chi connectivity index (χ0n) is 11.8. The van der Waals surface area contributed by atoms with Gasteiger partial charge in [-0.25, -0.2) is 9.37 Å². The van der Waals surface area contributed by atoms with Gasteiger partial charge in [0.1, 0.15) is 10.8 Å². The topological polar surface area (TPSA) is 55.7 Å². The second kappa shape index (κ2) is 5.75. The second-order valence-corrected chi connectivity index (χ2v) is 6.74. The second-order valence-electron chi connectivity index (χ2n) is 5.13. The normalized spacial score (nSPS) is 15.9. The van der Waals surface area contributed by atoms with E-state index in [0.717, 1.165) is 28.3 Å². The molecule has 0 saturated heterocycles. The Balaban J connectivity index is 1.69. The Hall–Kier alpha value is -2.25. The predicted molar refractivity (Wildman–Crippen MR) is 88.0 cm³/mol. The van der Waals surface area contributed by atoms with Crippen LogP contribution in [-0.4, -0.2) is 20.4 Å². The summed E-state index contributed by atoms with van der Waals surface area (Å²) in [5, 5.41) is 6.52. The molecule has 0 aliphatic heterocycles. The Morgan fingerprint density at radius 1 is 1.17 bits per heavy atom. The molecule has 4 nitrogen and oxygen atoms in total. The molecule has 4 rings (SSSR count). The number of thiazole rings is 1. The maximum absolute atomic E-state index is 13.0. The molecule has 0 amide bonds. The van der Waals surface area contributed by atoms with Gasteiger partial charge < -0.3 is 0 Å². The van der Waals surface area contributed by atoms with E-state index in [1.807, 2.05) is 5.38 Å². The number of ketones is 1. The first-order valence-electron chi connectivity index (χ1n) is 6.98. The van der Waals surface area contributed by atoms with Gasteiger partial charge in [-0.15, -0.1) is 16.4 Å². The van der Waals surface area contributed by atoms with Gasteiger partial charge in [0.25, 0.3) is 0 Å². The van der Waals surface area contributed by atoms with Gasteiger partial charge in [0.15, 0.2) is 0 Å². The van der Waals surface area contributed by atoms with E-state index in [9.17, 15) is 9.18 Å². The summed E-state index contributed by atoms with van der Waals surface area (Å²) in [6, 6.07) is 6.17. The molecule has 7 heteroatoms. The highest BCUT2D eigenvalue weighted by atomic mass is 32.1. The number of hydrogen-bond donors (Lipinski definition) is 0. The molecule has 0 N–H and O–H groups in total. The number of benzene rings is 1. The van der Waals surface area contributed by atoms with Crippen LogP contribution in [0.3, 0.4) is 0 Å². The number of allylic oxidation sites excluding steroid dienone is 1. The molecular weight excluding hydrogens is 333 g/mol. The molecular formula is C16H10FN3OS2. The molecule has 0 unspecified atom stereocenters. The van der Waals surface area contributed by atoms with Crippen molar-refractivity contribution in [1.29, 1.82) is 0 Å². The number of carbonyl (C=O) groups excluding carboxylic acids is 1. The molecule has 23 heavy (non-hydrogen) atoms. The lowest BCUT2D eigenvalue weighted by Gasteiger charge is -2.11. The smallest absolute Gasteiger partial charge is 0.200 e. The number of nitrogens with zero attached hydrogens (tertiary/aromatic N) is 3. The van der Waals surface area contributed by atoms with Crippen LogP contribution in [0.5, 0.6) is 0 Å². The summed E-state index contributed by atoms with van der Waals surface area (Å²) in [5.41, 5.74) is 3.10. The number of hydrogen-bond acceptors (Lipinski definition) is 6. The van der Waals surface area contributed by atoms with E-state index in [2.05, 4.69) is 14.6 Å². The Morgan fingerprint density at radius 2 is 2.00 bits per heavy atom. The van der Waals surface area contributed by atoms with Crippen LogP contribution in [0.15, 0.2) is 35.2 Å². The van der Waals surface area contributed by atoms with Gasteiger partial charge in [-0.1, -0.05) is 4.49 Å². The number of rotatable bonds is 2. The largest absolute Gasteiger partial charge is 0.288 e. The van der Waals surface area contributed by atoms with E-state index in [1.54, 1.807) is 18.2 Å². The lowest BCUT2D eigenvalue weighted by molar-refractivity contribution is 0.103. The van der Waals surface area contributed by atoms with E-state index in [1.165, 1.54) is 35.0 Å². The maximum atomic E-state index is 13.0. The van der Waals surface area contributed by atoms with Crippen LogP contribution in [0.25, 0.3) is 16.6 Å². The average Bonchev–Trinajstić information content (AvgIpc) is 3.20. The van der Waals surface area contributed by atoms with Gasteiger partial charge >= 0.3 is 0 Å². The Kier molecular flexibility index (Phi) is 3.59. The highest BCUT2D eigenvalue weighted by molar-refractivity contribution is 7.17. The monoisotopic (exact) mass is 343 g/mol. The minimum Gasteiger partial charge on any atom is -0.288 e. The molecule has 114 valence electrons. The van der Waals surface area contributed by atoms with E-state index in [4.69, 9.17) is 0 Å². The summed E-state index contributed by atoms with van der Waals surface area (Å²) in [4.78, 5) is 17.9. The fourth-order valence-electron chi connectivity index (χ4n) is 2.48. The van der Waals surface area contributed by atoms with Crippen molar-refractivity contribution in [1.82, 2.24) is 14.6 Å². The molecule has 0 atom stereocenters. The minimum absolute atomic E-state index is 0.00473. The first-order chi connectivity index (χ1) is 11.2. The van der Waals surface area contributed by atoms with Gasteiger partial charge in [-0.2, -0.15) is 0 Å². The fourth-order valence-corrected chi connectivity index (χ4v) is 3.98. The molecule has 3 aromatic rings. The predicted octanol–water partition coefficient (Wildman–Crippen LogP) is 4.01. The van der Waals surface area contributed by atoms with Crippen LogP contribution in [0.2, 0.25) is 0 Å². The number of carbonyl (C=O) groups is 1. The third-order valence-electron chi connectivity index (χ3n) is 3.62. The van der Waals surface area contributed by atoms with Crippen molar-refractivity contribution in [2.75, 3.05) is 0 Å². The number of halogens is 1. The van der Waals surface area contributed by atoms with Crippen molar-refractivity contribution >= 4 is 34.7 Å². The summed E-state index contributed by atoms with van der Waals surface area (Å²) in [6.45, 7) is 0. The highest BCUT2D eigenvalue weighted by Crippen LogP contribution is 2.35. The molecule has 0 fully saturated rings. The van der Waals surface area contributed by atoms with Crippen LogP contribution in [-0.2, 0) is 6.42 Å². The Bertz CT molecular complexity index is 898. The van der Waals surface area contributed by atoms with Crippen molar-refractivity contribution in [2.45, 2.75) is 12.8 Å². The lowest BCUT2D eigenvalue weighted by atomic mass is 9.95. The van der Waals surface area contributed by atoms with Crippen LogP contribution in [0.4, 0.5) is 4.39 Å². The van der Waals surface area contributed by atoms with Crippen LogP contribution < -0.4 is 0 Å². The standard InChI is InChI=1S/C16H10FN3OS2/c17-11-4-1-9(2-5-11)16-18-13-6-3-10(14(21)15(13)23-16)7-12-8-22-20-19-12/h1-2,4-5,7-8H,3,6H2/b10-7-. The van der Waals surface area contributed by atoms with Crippen LogP contribution >= 0.6 is 22.9 Å². The van der Waals surface area contributed by atoms with Gasteiger partial charge in [0, 0.05) is 16.5 Å². The Morgan fingerprint density at radius 3 is 2.74 bits per heavy atom.